The summed E-state index contributed by atoms with van der Waals surface area (Å²) in [6, 6.07) is 52.8. The maximum absolute atomic E-state index is 6.60. The fraction of sp³-hybridized carbons (Fsp3) is 0. The lowest BCUT2D eigenvalue weighted by Crippen LogP contribution is -1.95. The molecule has 0 saturated heterocycles. The van der Waals surface area contributed by atoms with Gasteiger partial charge >= 0.3 is 0 Å². The highest BCUT2D eigenvalue weighted by Gasteiger charge is 2.21. The molecule has 0 aliphatic carbocycles. The van der Waals surface area contributed by atoms with Gasteiger partial charge in [0.2, 0.25) is 0 Å². The molecule has 50 heavy (non-hydrogen) atoms. The molecule has 0 saturated carbocycles. The van der Waals surface area contributed by atoms with Crippen LogP contribution in [0.5, 0.6) is 0 Å². The molecule has 4 aromatic heterocycles. The standard InChI is InChI=1S/C44H26N4O2/c1-4-13-27(14-5-1)35-26-36(28-15-6-2-7-16-28)46-43(45-35)30-23-24-38-34(25-30)31-20-12-21-33(41(31)49-38)44-47-39(29-17-8-3-9-18-29)42-40(48-44)32-19-10-11-22-37(32)50-42/h1-26H. The van der Waals surface area contributed by atoms with Crippen LogP contribution in [0.15, 0.2) is 167 Å². The molecule has 0 N–H and O–H groups in total. The maximum atomic E-state index is 6.60. The average molecular weight is 643 g/mol. The predicted octanol–water partition coefficient (Wildman–Crippen LogP) is 11.4. The normalized spacial score (nSPS) is 11.6. The molecule has 6 aromatic carbocycles. The van der Waals surface area contributed by atoms with Gasteiger partial charge < -0.3 is 8.83 Å². The fourth-order valence-electron chi connectivity index (χ4n) is 6.71. The second-order valence-electron chi connectivity index (χ2n) is 12.2. The van der Waals surface area contributed by atoms with Crippen LogP contribution in [0.1, 0.15) is 0 Å². The van der Waals surface area contributed by atoms with E-state index in [1.807, 2.05) is 115 Å². The van der Waals surface area contributed by atoms with Gasteiger partial charge in [0.05, 0.1) is 17.0 Å². The van der Waals surface area contributed by atoms with E-state index < -0.39 is 0 Å². The van der Waals surface area contributed by atoms with E-state index in [1.54, 1.807) is 0 Å². The third-order valence-electron chi connectivity index (χ3n) is 9.13. The first-order valence-electron chi connectivity index (χ1n) is 16.5. The highest BCUT2D eigenvalue weighted by Crippen LogP contribution is 2.40. The summed E-state index contributed by atoms with van der Waals surface area (Å²) in [7, 11) is 0. The number of nitrogens with zero attached hydrogens (tertiary/aromatic N) is 4. The zero-order chi connectivity index (χ0) is 33.0. The van der Waals surface area contributed by atoms with Crippen LogP contribution in [0.3, 0.4) is 0 Å². The molecule has 0 spiro atoms. The summed E-state index contributed by atoms with van der Waals surface area (Å²) in [5, 5.41) is 2.87. The number of para-hydroxylation sites is 2. The molecule has 234 valence electrons. The van der Waals surface area contributed by atoms with Crippen LogP contribution in [0.4, 0.5) is 0 Å². The van der Waals surface area contributed by atoms with E-state index in [4.69, 9.17) is 28.8 Å². The largest absolute Gasteiger partial charge is 0.455 e. The van der Waals surface area contributed by atoms with E-state index in [0.717, 1.165) is 83.3 Å². The first-order chi connectivity index (χ1) is 24.8. The van der Waals surface area contributed by atoms with Gasteiger partial charge in [-0.15, -0.1) is 0 Å². The van der Waals surface area contributed by atoms with Crippen molar-refractivity contribution in [3.05, 3.63) is 158 Å². The van der Waals surface area contributed by atoms with Crippen molar-refractivity contribution in [2.45, 2.75) is 0 Å². The molecule has 6 nitrogen and oxygen atoms in total. The lowest BCUT2D eigenvalue weighted by Gasteiger charge is -2.09. The van der Waals surface area contributed by atoms with Gasteiger partial charge in [-0.05, 0) is 42.5 Å². The molecule has 6 heteroatoms. The number of benzene rings is 6. The summed E-state index contributed by atoms with van der Waals surface area (Å²) in [5.74, 6) is 1.21. The molecule has 0 fully saturated rings. The third-order valence-corrected chi connectivity index (χ3v) is 9.13. The number of aromatic nitrogens is 4. The zero-order valence-corrected chi connectivity index (χ0v) is 26.6. The summed E-state index contributed by atoms with van der Waals surface area (Å²) in [4.78, 5) is 20.3. The summed E-state index contributed by atoms with van der Waals surface area (Å²) in [6.45, 7) is 0. The van der Waals surface area contributed by atoms with Crippen LogP contribution >= 0.6 is 0 Å². The summed E-state index contributed by atoms with van der Waals surface area (Å²) in [6.07, 6.45) is 0. The van der Waals surface area contributed by atoms with Crippen LogP contribution in [-0.4, -0.2) is 19.9 Å². The summed E-state index contributed by atoms with van der Waals surface area (Å²) >= 11 is 0. The Labute approximate surface area is 286 Å². The quantitative estimate of drug-likeness (QED) is 0.186. The lowest BCUT2D eigenvalue weighted by atomic mass is 10.0. The van der Waals surface area contributed by atoms with Crippen molar-refractivity contribution < 1.29 is 8.83 Å². The van der Waals surface area contributed by atoms with Gasteiger partial charge in [0.25, 0.3) is 0 Å². The minimum Gasteiger partial charge on any atom is -0.455 e. The molecule has 0 aliphatic heterocycles. The SMILES string of the molecule is c1ccc(-c2cc(-c3ccccc3)nc(-c3ccc4oc5c(-c6nc(-c7ccccc7)c7oc8ccccc8c7n6)cccc5c4c3)n2)cc1. The first kappa shape index (κ1) is 28.1. The monoisotopic (exact) mass is 642 g/mol. The van der Waals surface area contributed by atoms with Gasteiger partial charge in [-0.2, -0.15) is 0 Å². The Morgan fingerprint density at radius 2 is 0.960 bits per heavy atom. The van der Waals surface area contributed by atoms with Crippen molar-refractivity contribution >= 4 is 44.0 Å². The van der Waals surface area contributed by atoms with Gasteiger partial charge in [0.15, 0.2) is 17.2 Å². The van der Waals surface area contributed by atoms with E-state index in [9.17, 15) is 0 Å². The number of hydrogen-bond acceptors (Lipinski definition) is 6. The molecule has 10 aromatic rings. The van der Waals surface area contributed by atoms with Gasteiger partial charge in [-0.1, -0.05) is 115 Å². The van der Waals surface area contributed by atoms with Gasteiger partial charge in [0.1, 0.15) is 28.0 Å². The van der Waals surface area contributed by atoms with Crippen molar-refractivity contribution in [3.8, 4) is 56.5 Å². The van der Waals surface area contributed by atoms with Crippen LogP contribution in [0, 0.1) is 0 Å². The number of rotatable bonds is 5. The lowest BCUT2D eigenvalue weighted by molar-refractivity contribution is 0.666. The Morgan fingerprint density at radius 1 is 0.360 bits per heavy atom. The second-order valence-corrected chi connectivity index (χ2v) is 12.2. The van der Waals surface area contributed by atoms with Crippen LogP contribution < -0.4 is 0 Å². The van der Waals surface area contributed by atoms with Gasteiger partial charge in [-0.3, -0.25) is 0 Å². The fourth-order valence-corrected chi connectivity index (χ4v) is 6.71. The minimum atomic E-state index is 0.569. The molecule has 0 bridgehead atoms. The van der Waals surface area contributed by atoms with Crippen molar-refractivity contribution in [2.75, 3.05) is 0 Å². The highest BCUT2D eigenvalue weighted by molar-refractivity contribution is 6.11. The zero-order valence-electron chi connectivity index (χ0n) is 26.6. The Bertz CT molecular complexity index is 2800. The molecule has 10 rings (SSSR count). The molecular formula is C44H26N4O2. The highest BCUT2D eigenvalue weighted by atomic mass is 16.3. The molecule has 4 heterocycles. The smallest absolute Gasteiger partial charge is 0.180 e. The molecule has 0 atom stereocenters. The van der Waals surface area contributed by atoms with Gasteiger partial charge in [0, 0.05) is 38.4 Å². The Morgan fingerprint density at radius 3 is 1.68 bits per heavy atom. The van der Waals surface area contributed by atoms with Crippen molar-refractivity contribution in [3.63, 3.8) is 0 Å². The minimum absolute atomic E-state index is 0.569. The second kappa shape index (κ2) is 11.4. The summed E-state index contributed by atoms with van der Waals surface area (Å²) in [5.41, 5.74) is 10.9. The third kappa shape index (κ3) is 4.65. The van der Waals surface area contributed by atoms with Crippen molar-refractivity contribution in [1.29, 1.82) is 0 Å². The van der Waals surface area contributed by atoms with E-state index in [1.165, 1.54) is 0 Å². The number of fused-ring (bicyclic) bond motifs is 6. The van der Waals surface area contributed by atoms with Crippen LogP contribution in [0.25, 0.3) is 101 Å². The Kier molecular flexibility index (Phi) is 6.39. The van der Waals surface area contributed by atoms with Crippen molar-refractivity contribution in [1.82, 2.24) is 19.9 Å². The van der Waals surface area contributed by atoms with E-state index >= 15 is 0 Å². The number of hydrogen-bond donors (Lipinski definition) is 0. The van der Waals surface area contributed by atoms with E-state index in [0.29, 0.717) is 17.2 Å². The Hall–Kier alpha value is -6.92. The van der Waals surface area contributed by atoms with Crippen molar-refractivity contribution in [2.24, 2.45) is 0 Å². The number of furan rings is 2. The molecular weight excluding hydrogens is 617 g/mol. The molecule has 0 radical (unpaired) electrons. The van der Waals surface area contributed by atoms with Crippen LogP contribution in [-0.2, 0) is 0 Å². The van der Waals surface area contributed by atoms with Gasteiger partial charge in [-0.25, -0.2) is 19.9 Å². The maximum Gasteiger partial charge on any atom is 0.180 e. The van der Waals surface area contributed by atoms with E-state index in [2.05, 4.69) is 42.5 Å². The predicted molar refractivity (Wildman–Crippen MR) is 199 cm³/mol. The summed E-state index contributed by atoms with van der Waals surface area (Å²) < 4.78 is 12.9. The molecule has 0 aliphatic rings. The molecule has 0 unspecified atom stereocenters. The van der Waals surface area contributed by atoms with Crippen LogP contribution in [0.2, 0.25) is 0 Å². The van der Waals surface area contributed by atoms with E-state index in [-0.39, 0.29) is 0 Å². The molecule has 0 amide bonds. The Balaban J connectivity index is 1.16. The average Bonchev–Trinajstić information content (AvgIpc) is 3.76. The first-order valence-corrected chi connectivity index (χ1v) is 16.5. The topological polar surface area (TPSA) is 77.8 Å².